The predicted molar refractivity (Wildman–Crippen MR) is 92.0 cm³/mol. The normalized spacial score (nSPS) is 15.2. The van der Waals surface area contributed by atoms with Crippen molar-refractivity contribution in [2.75, 3.05) is 31.1 Å². The fraction of sp³-hybridized carbons (Fsp3) is 0.389. The van der Waals surface area contributed by atoms with Gasteiger partial charge in [-0.3, -0.25) is 4.79 Å². The molecule has 1 aliphatic heterocycles. The standard InChI is InChI=1S/C18H20FN5O/c1-13-14(2)21-24(18(25)17(13)11-20)12-22-7-9-23(10-8-22)16-5-3-15(19)4-6-16/h3-6H,7-10,12H2,1-2H3/p+1. The lowest BCUT2D eigenvalue weighted by Gasteiger charge is -2.33. The van der Waals surface area contributed by atoms with Gasteiger partial charge in [-0.15, -0.1) is 0 Å². The van der Waals surface area contributed by atoms with E-state index < -0.39 is 0 Å². The molecule has 0 atom stereocenters. The highest BCUT2D eigenvalue weighted by Gasteiger charge is 2.22. The fourth-order valence-corrected chi connectivity index (χ4v) is 3.11. The van der Waals surface area contributed by atoms with Crippen molar-refractivity contribution >= 4 is 5.69 Å². The summed E-state index contributed by atoms with van der Waals surface area (Å²) >= 11 is 0. The predicted octanol–water partition coefficient (Wildman–Crippen LogP) is 0.234. The monoisotopic (exact) mass is 342 g/mol. The van der Waals surface area contributed by atoms with E-state index in [4.69, 9.17) is 0 Å². The van der Waals surface area contributed by atoms with Gasteiger partial charge in [0.25, 0.3) is 5.56 Å². The fourth-order valence-electron chi connectivity index (χ4n) is 3.11. The Labute approximate surface area is 145 Å². The van der Waals surface area contributed by atoms with Crippen molar-refractivity contribution in [1.82, 2.24) is 9.78 Å². The molecule has 1 saturated heterocycles. The minimum absolute atomic E-state index is 0.178. The first-order valence-electron chi connectivity index (χ1n) is 8.32. The molecule has 0 radical (unpaired) electrons. The summed E-state index contributed by atoms with van der Waals surface area (Å²) in [5.74, 6) is -0.235. The number of aryl methyl sites for hydroxylation is 1. The maximum absolute atomic E-state index is 13.0. The molecule has 1 N–H and O–H groups in total. The molecule has 1 aromatic carbocycles. The number of halogens is 1. The average molecular weight is 342 g/mol. The molecule has 130 valence electrons. The summed E-state index contributed by atoms with van der Waals surface area (Å²) in [6.07, 6.45) is 0. The number of hydrogen-bond acceptors (Lipinski definition) is 4. The van der Waals surface area contributed by atoms with Gasteiger partial charge in [0.1, 0.15) is 17.4 Å². The summed E-state index contributed by atoms with van der Waals surface area (Å²) in [7, 11) is 0. The number of nitrogens with zero attached hydrogens (tertiary/aromatic N) is 4. The Bertz CT molecular complexity index is 861. The second-order valence-electron chi connectivity index (χ2n) is 6.37. The van der Waals surface area contributed by atoms with Crippen LogP contribution in [0, 0.1) is 31.0 Å². The Kier molecular flexibility index (Phi) is 4.81. The van der Waals surface area contributed by atoms with E-state index in [9.17, 15) is 14.4 Å². The van der Waals surface area contributed by atoms with Gasteiger partial charge >= 0.3 is 0 Å². The van der Waals surface area contributed by atoms with Gasteiger partial charge in [-0.05, 0) is 43.7 Å². The minimum atomic E-state index is -0.320. The van der Waals surface area contributed by atoms with Crippen molar-refractivity contribution in [3.63, 3.8) is 0 Å². The molecule has 0 bridgehead atoms. The van der Waals surface area contributed by atoms with E-state index >= 15 is 0 Å². The van der Waals surface area contributed by atoms with E-state index in [-0.39, 0.29) is 16.9 Å². The van der Waals surface area contributed by atoms with Crippen LogP contribution < -0.4 is 15.4 Å². The zero-order valence-electron chi connectivity index (χ0n) is 14.4. The summed E-state index contributed by atoms with van der Waals surface area (Å²) in [6, 6.07) is 8.50. The molecule has 1 fully saturated rings. The van der Waals surface area contributed by atoms with Crippen LogP contribution in [0.3, 0.4) is 0 Å². The van der Waals surface area contributed by atoms with Gasteiger partial charge < -0.3 is 9.80 Å². The van der Waals surface area contributed by atoms with Crippen LogP contribution in [-0.4, -0.2) is 36.0 Å². The molecule has 3 rings (SSSR count). The third-order valence-corrected chi connectivity index (χ3v) is 4.78. The summed E-state index contributed by atoms with van der Waals surface area (Å²) < 4.78 is 14.4. The molecular weight excluding hydrogens is 321 g/mol. The molecule has 0 unspecified atom stereocenters. The number of piperazine rings is 1. The Morgan fingerprint density at radius 1 is 1.24 bits per heavy atom. The minimum Gasteiger partial charge on any atom is -0.360 e. The van der Waals surface area contributed by atoms with Gasteiger partial charge in [0.15, 0.2) is 6.67 Å². The number of nitriles is 1. The lowest BCUT2D eigenvalue weighted by atomic mass is 10.1. The lowest BCUT2D eigenvalue weighted by Crippen LogP contribution is -3.14. The smallest absolute Gasteiger partial charge is 0.289 e. The third-order valence-electron chi connectivity index (χ3n) is 4.78. The molecule has 0 amide bonds. The number of hydrogen-bond donors (Lipinski definition) is 1. The van der Waals surface area contributed by atoms with Crippen LogP contribution >= 0.6 is 0 Å². The highest BCUT2D eigenvalue weighted by Crippen LogP contribution is 2.14. The maximum atomic E-state index is 13.0. The van der Waals surface area contributed by atoms with Gasteiger partial charge in [0.2, 0.25) is 0 Å². The van der Waals surface area contributed by atoms with E-state index in [0.29, 0.717) is 17.9 Å². The summed E-state index contributed by atoms with van der Waals surface area (Å²) in [6.45, 7) is 7.36. The van der Waals surface area contributed by atoms with Gasteiger partial charge in [-0.2, -0.15) is 15.0 Å². The molecular formula is C18H21FN5O+. The van der Waals surface area contributed by atoms with Crippen LogP contribution in [-0.2, 0) is 6.67 Å². The van der Waals surface area contributed by atoms with E-state index in [1.54, 1.807) is 19.1 Å². The molecule has 25 heavy (non-hydrogen) atoms. The van der Waals surface area contributed by atoms with E-state index in [0.717, 1.165) is 31.9 Å². The van der Waals surface area contributed by atoms with Crippen molar-refractivity contribution < 1.29 is 9.29 Å². The van der Waals surface area contributed by atoms with Crippen LogP contribution in [0.1, 0.15) is 16.8 Å². The summed E-state index contributed by atoms with van der Waals surface area (Å²) in [4.78, 5) is 15.8. The molecule has 7 heteroatoms. The number of nitrogens with one attached hydrogen (secondary N) is 1. The molecule has 2 heterocycles. The maximum Gasteiger partial charge on any atom is 0.289 e. The van der Waals surface area contributed by atoms with Crippen molar-refractivity contribution in [1.29, 1.82) is 5.26 Å². The van der Waals surface area contributed by atoms with Crippen molar-refractivity contribution in [2.45, 2.75) is 20.5 Å². The van der Waals surface area contributed by atoms with Gasteiger partial charge in [-0.1, -0.05) is 0 Å². The van der Waals surface area contributed by atoms with E-state index in [1.165, 1.54) is 21.7 Å². The van der Waals surface area contributed by atoms with Crippen LogP contribution in [0.15, 0.2) is 29.1 Å². The quantitative estimate of drug-likeness (QED) is 0.867. The Balaban J connectivity index is 1.69. The van der Waals surface area contributed by atoms with Crippen LogP contribution in [0.2, 0.25) is 0 Å². The highest BCUT2D eigenvalue weighted by molar-refractivity contribution is 5.46. The average Bonchev–Trinajstić information content (AvgIpc) is 2.62. The molecule has 0 aliphatic carbocycles. The van der Waals surface area contributed by atoms with Crippen LogP contribution in [0.4, 0.5) is 10.1 Å². The Hall–Kier alpha value is -2.72. The number of benzene rings is 1. The number of rotatable bonds is 3. The second-order valence-corrected chi connectivity index (χ2v) is 6.37. The molecule has 0 saturated carbocycles. The zero-order valence-corrected chi connectivity index (χ0v) is 14.4. The van der Waals surface area contributed by atoms with Crippen LogP contribution in [0.25, 0.3) is 0 Å². The summed E-state index contributed by atoms with van der Waals surface area (Å²) in [5, 5.41) is 13.5. The number of anilines is 1. The van der Waals surface area contributed by atoms with Gasteiger partial charge in [0, 0.05) is 5.69 Å². The highest BCUT2D eigenvalue weighted by atomic mass is 19.1. The van der Waals surface area contributed by atoms with Crippen molar-refractivity contribution in [3.05, 3.63) is 57.3 Å². The summed E-state index contributed by atoms with van der Waals surface area (Å²) in [5.41, 5.74) is 2.23. The van der Waals surface area contributed by atoms with E-state index in [2.05, 4.69) is 10.00 Å². The molecule has 1 aromatic heterocycles. The van der Waals surface area contributed by atoms with Gasteiger partial charge in [-0.25, -0.2) is 4.39 Å². The zero-order chi connectivity index (χ0) is 18.0. The molecule has 2 aromatic rings. The van der Waals surface area contributed by atoms with Gasteiger partial charge in [0.05, 0.1) is 31.9 Å². The van der Waals surface area contributed by atoms with Crippen LogP contribution in [0.5, 0.6) is 0 Å². The molecule has 1 aliphatic rings. The number of aromatic nitrogens is 2. The second kappa shape index (κ2) is 7.03. The molecule has 0 spiro atoms. The Morgan fingerprint density at radius 3 is 2.48 bits per heavy atom. The topological polar surface area (TPSA) is 66.4 Å². The largest absolute Gasteiger partial charge is 0.360 e. The van der Waals surface area contributed by atoms with Crippen molar-refractivity contribution in [3.8, 4) is 6.07 Å². The Morgan fingerprint density at radius 2 is 1.88 bits per heavy atom. The first kappa shape index (κ1) is 17.1. The van der Waals surface area contributed by atoms with Crippen molar-refractivity contribution in [2.24, 2.45) is 0 Å². The number of quaternary nitrogens is 1. The third kappa shape index (κ3) is 3.54. The first-order valence-corrected chi connectivity index (χ1v) is 8.32. The lowest BCUT2D eigenvalue weighted by molar-refractivity contribution is -0.924. The first-order chi connectivity index (χ1) is 12.0. The molecule has 6 nitrogen and oxygen atoms in total. The van der Waals surface area contributed by atoms with E-state index in [1.807, 2.05) is 13.0 Å². The SMILES string of the molecule is Cc1nn(C[NH+]2CCN(c3ccc(F)cc3)CC2)c(=O)c(C#N)c1C.